The van der Waals surface area contributed by atoms with Crippen molar-refractivity contribution in [3.8, 4) is 0 Å². The standard InChI is InChI=1S/C17H18N2/c1-13-18-16(14-8-4-2-5-9-14)12-17(19-13)15-10-6-3-7-11-15/h2-13,16,18-19H,1H3. The highest BCUT2D eigenvalue weighted by Gasteiger charge is 2.19. The smallest absolute Gasteiger partial charge is 0.0746 e. The second-order valence-electron chi connectivity index (χ2n) is 4.87. The minimum absolute atomic E-state index is 0.255. The van der Waals surface area contributed by atoms with Crippen LogP contribution in [0.5, 0.6) is 0 Å². The van der Waals surface area contributed by atoms with Crippen LogP contribution in [0.4, 0.5) is 0 Å². The van der Waals surface area contributed by atoms with Crippen molar-refractivity contribution in [1.29, 1.82) is 0 Å². The van der Waals surface area contributed by atoms with Gasteiger partial charge in [0.05, 0.1) is 12.2 Å². The second-order valence-corrected chi connectivity index (χ2v) is 4.87. The lowest BCUT2D eigenvalue weighted by Gasteiger charge is -2.30. The van der Waals surface area contributed by atoms with Gasteiger partial charge in [-0.3, -0.25) is 5.32 Å². The van der Waals surface area contributed by atoms with E-state index in [2.05, 4.69) is 78.2 Å². The Morgan fingerprint density at radius 2 is 1.47 bits per heavy atom. The Balaban J connectivity index is 1.95. The molecule has 0 amide bonds. The molecule has 0 bridgehead atoms. The molecule has 0 radical (unpaired) electrons. The first-order valence-corrected chi connectivity index (χ1v) is 6.68. The monoisotopic (exact) mass is 250 g/mol. The summed E-state index contributed by atoms with van der Waals surface area (Å²) < 4.78 is 0. The summed E-state index contributed by atoms with van der Waals surface area (Å²) in [6, 6.07) is 21.3. The minimum atomic E-state index is 0.255. The molecule has 0 saturated heterocycles. The Morgan fingerprint density at radius 3 is 2.16 bits per heavy atom. The number of rotatable bonds is 2. The van der Waals surface area contributed by atoms with E-state index in [1.54, 1.807) is 0 Å². The lowest BCUT2D eigenvalue weighted by Crippen LogP contribution is -2.44. The van der Waals surface area contributed by atoms with Gasteiger partial charge in [-0.1, -0.05) is 60.7 Å². The maximum atomic E-state index is 3.54. The molecule has 2 unspecified atom stereocenters. The first kappa shape index (κ1) is 12.0. The second kappa shape index (κ2) is 5.29. The number of hydrogen-bond donors (Lipinski definition) is 2. The van der Waals surface area contributed by atoms with E-state index in [1.807, 2.05) is 6.07 Å². The van der Waals surface area contributed by atoms with Crippen LogP contribution in [0.1, 0.15) is 24.1 Å². The molecule has 0 aliphatic carbocycles. The molecule has 0 aromatic heterocycles. The van der Waals surface area contributed by atoms with Gasteiger partial charge in [-0.2, -0.15) is 0 Å². The molecule has 2 atom stereocenters. The van der Waals surface area contributed by atoms with E-state index in [4.69, 9.17) is 0 Å². The van der Waals surface area contributed by atoms with Gasteiger partial charge in [0, 0.05) is 5.70 Å². The van der Waals surface area contributed by atoms with E-state index in [9.17, 15) is 0 Å². The van der Waals surface area contributed by atoms with E-state index in [1.165, 1.54) is 16.8 Å². The summed E-state index contributed by atoms with van der Waals surface area (Å²) in [4.78, 5) is 0. The van der Waals surface area contributed by atoms with Crippen molar-refractivity contribution >= 4 is 5.70 Å². The van der Waals surface area contributed by atoms with Gasteiger partial charge in [0.2, 0.25) is 0 Å². The van der Waals surface area contributed by atoms with Gasteiger partial charge in [-0.25, -0.2) is 0 Å². The van der Waals surface area contributed by atoms with Gasteiger partial charge in [-0.15, -0.1) is 0 Å². The molecule has 2 aromatic rings. The minimum Gasteiger partial charge on any atom is -0.370 e. The van der Waals surface area contributed by atoms with Crippen LogP contribution in [0.2, 0.25) is 0 Å². The normalized spacial score (nSPS) is 22.5. The molecular weight excluding hydrogens is 232 g/mol. The predicted octanol–water partition coefficient (Wildman–Crippen LogP) is 3.31. The Hall–Kier alpha value is -2.06. The third kappa shape index (κ3) is 2.69. The molecule has 0 fully saturated rings. The van der Waals surface area contributed by atoms with Gasteiger partial charge < -0.3 is 5.32 Å². The summed E-state index contributed by atoms with van der Waals surface area (Å²) in [5.41, 5.74) is 3.72. The molecule has 19 heavy (non-hydrogen) atoms. The average molecular weight is 250 g/mol. The zero-order valence-electron chi connectivity index (χ0n) is 11.0. The molecule has 1 aliphatic rings. The van der Waals surface area contributed by atoms with Gasteiger partial charge in [0.25, 0.3) is 0 Å². The number of nitrogens with one attached hydrogen (secondary N) is 2. The average Bonchev–Trinajstić information content (AvgIpc) is 2.48. The van der Waals surface area contributed by atoms with Crippen LogP contribution in [0.15, 0.2) is 66.7 Å². The zero-order chi connectivity index (χ0) is 13.1. The number of benzene rings is 2. The highest BCUT2D eigenvalue weighted by Crippen LogP contribution is 2.23. The van der Waals surface area contributed by atoms with Crippen LogP contribution >= 0.6 is 0 Å². The zero-order valence-corrected chi connectivity index (χ0v) is 11.0. The molecule has 2 heteroatoms. The Morgan fingerprint density at radius 1 is 0.842 bits per heavy atom. The maximum Gasteiger partial charge on any atom is 0.0746 e. The van der Waals surface area contributed by atoms with Crippen molar-refractivity contribution < 1.29 is 0 Å². The highest BCUT2D eigenvalue weighted by molar-refractivity contribution is 5.65. The Labute approximate surface area is 114 Å². The summed E-state index contributed by atoms with van der Waals surface area (Å²) in [7, 11) is 0. The number of hydrogen-bond acceptors (Lipinski definition) is 2. The molecule has 2 aromatic carbocycles. The van der Waals surface area contributed by atoms with E-state index in [-0.39, 0.29) is 12.2 Å². The van der Waals surface area contributed by atoms with Crippen LogP contribution < -0.4 is 10.6 Å². The summed E-state index contributed by atoms with van der Waals surface area (Å²) in [6.45, 7) is 2.14. The molecule has 3 rings (SSSR count). The fraction of sp³-hybridized carbons (Fsp3) is 0.176. The van der Waals surface area contributed by atoms with Crippen molar-refractivity contribution in [3.63, 3.8) is 0 Å². The van der Waals surface area contributed by atoms with Gasteiger partial charge in [-0.05, 0) is 24.1 Å². The lowest BCUT2D eigenvalue weighted by molar-refractivity contribution is 0.457. The topological polar surface area (TPSA) is 24.1 Å². The van der Waals surface area contributed by atoms with Crippen LogP contribution in [0.3, 0.4) is 0 Å². The van der Waals surface area contributed by atoms with Crippen molar-refractivity contribution in [1.82, 2.24) is 10.6 Å². The molecule has 1 heterocycles. The third-order valence-electron chi connectivity index (χ3n) is 3.38. The first-order chi connectivity index (χ1) is 9.33. The van der Waals surface area contributed by atoms with Crippen LogP contribution in [-0.4, -0.2) is 6.17 Å². The Kier molecular flexibility index (Phi) is 3.34. The van der Waals surface area contributed by atoms with Crippen LogP contribution in [0.25, 0.3) is 5.70 Å². The Bertz CT molecular complexity index is 560. The summed E-state index contributed by atoms with van der Waals surface area (Å²) >= 11 is 0. The highest BCUT2D eigenvalue weighted by atomic mass is 15.2. The molecular formula is C17H18N2. The van der Waals surface area contributed by atoms with Gasteiger partial charge in [0.1, 0.15) is 0 Å². The fourth-order valence-electron chi connectivity index (χ4n) is 2.46. The van der Waals surface area contributed by atoms with Crippen molar-refractivity contribution in [2.75, 3.05) is 0 Å². The largest absolute Gasteiger partial charge is 0.370 e. The first-order valence-electron chi connectivity index (χ1n) is 6.68. The van der Waals surface area contributed by atoms with Crippen LogP contribution in [-0.2, 0) is 0 Å². The molecule has 96 valence electrons. The van der Waals surface area contributed by atoms with Crippen molar-refractivity contribution in [2.24, 2.45) is 0 Å². The van der Waals surface area contributed by atoms with E-state index >= 15 is 0 Å². The molecule has 2 N–H and O–H groups in total. The molecule has 2 nitrogen and oxygen atoms in total. The van der Waals surface area contributed by atoms with Crippen molar-refractivity contribution in [3.05, 3.63) is 77.9 Å². The SMILES string of the molecule is CC1NC(c2ccccc2)=CC(c2ccccc2)N1. The van der Waals surface area contributed by atoms with Crippen molar-refractivity contribution in [2.45, 2.75) is 19.1 Å². The van der Waals surface area contributed by atoms with E-state index in [0.29, 0.717) is 0 Å². The molecule has 1 aliphatic heterocycles. The summed E-state index contributed by atoms with van der Waals surface area (Å²) in [6.07, 6.45) is 2.51. The van der Waals surface area contributed by atoms with Gasteiger partial charge in [0.15, 0.2) is 0 Å². The summed E-state index contributed by atoms with van der Waals surface area (Å²) in [5, 5.41) is 7.03. The summed E-state index contributed by atoms with van der Waals surface area (Å²) in [5.74, 6) is 0. The molecule has 0 spiro atoms. The fourth-order valence-corrected chi connectivity index (χ4v) is 2.46. The predicted molar refractivity (Wildman–Crippen MR) is 79.3 cm³/mol. The van der Waals surface area contributed by atoms with E-state index < -0.39 is 0 Å². The maximum absolute atomic E-state index is 3.54. The van der Waals surface area contributed by atoms with Crippen LogP contribution in [0, 0.1) is 0 Å². The lowest BCUT2D eigenvalue weighted by atomic mass is 10.0. The third-order valence-corrected chi connectivity index (χ3v) is 3.38. The molecule has 0 saturated carbocycles. The van der Waals surface area contributed by atoms with Gasteiger partial charge >= 0.3 is 0 Å². The quantitative estimate of drug-likeness (QED) is 0.854. The van der Waals surface area contributed by atoms with E-state index in [0.717, 1.165) is 0 Å².